The average molecular weight is 731 g/mol. The van der Waals surface area contributed by atoms with Crippen molar-refractivity contribution in [2.45, 2.75) is 77.6 Å². The fraction of sp³-hybridized carbons (Fsp3) is 0.548. The number of carboxylic acid groups (broad SMARTS) is 1. The zero-order valence-corrected chi connectivity index (χ0v) is 27.6. The van der Waals surface area contributed by atoms with Gasteiger partial charge in [0.1, 0.15) is 0 Å². The number of carboxylic acids is 1. The first-order valence-electron chi connectivity index (χ1n) is 15.2. The minimum absolute atomic E-state index is 0. The van der Waals surface area contributed by atoms with Crippen molar-refractivity contribution in [3.63, 3.8) is 0 Å². The van der Waals surface area contributed by atoms with Crippen LogP contribution in [0.15, 0.2) is 30.3 Å². The summed E-state index contributed by atoms with van der Waals surface area (Å²) in [6, 6.07) is 3.49. The van der Waals surface area contributed by atoms with Gasteiger partial charge in [0.25, 0.3) is 5.95 Å². The number of tetrazole rings is 1. The summed E-state index contributed by atoms with van der Waals surface area (Å²) in [5.41, 5.74) is -3.91. The molecule has 1 N–H and O–H groups in total. The lowest BCUT2D eigenvalue weighted by atomic mass is 9.80. The Balaban J connectivity index is 0.00000650. The van der Waals surface area contributed by atoms with Crippen molar-refractivity contribution in [2.75, 3.05) is 22.9 Å². The Kier molecular flexibility index (Phi) is 12.5. The molecular weight excluding hydrogens is 695 g/mol. The summed E-state index contributed by atoms with van der Waals surface area (Å²) in [5, 5.41) is 20.8. The Hall–Kier alpha value is -3.76. The van der Waals surface area contributed by atoms with E-state index in [1.807, 2.05) is 0 Å². The van der Waals surface area contributed by atoms with Crippen molar-refractivity contribution in [3.05, 3.63) is 63.7 Å². The van der Waals surface area contributed by atoms with E-state index < -0.39 is 47.7 Å². The number of benzene rings is 2. The molecule has 49 heavy (non-hydrogen) atoms. The number of nitrogens with zero attached hydrogens (tertiary/aromatic N) is 6. The van der Waals surface area contributed by atoms with E-state index in [1.165, 1.54) is 24.9 Å². The summed E-state index contributed by atoms with van der Waals surface area (Å²) in [5.74, 6) is -0.976. The molecule has 1 saturated carbocycles. The molecule has 1 aromatic heterocycles. The van der Waals surface area contributed by atoms with Crippen LogP contribution in [0, 0.1) is 18.8 Å². The highest BCUT2D eigenvalue weighted by molar-refractivity contribution is 5.85. The van der Waals surface area contributed by atoms with Gasteiger partial charge in [0.15, 0.2) is 0 Å². The molecule has 0 amide bonds. The minimum Gasteiger partial charge on any atom is -0.481 e. The maximum Gasteiger partial charge on any atom is 0.416 e. The van der Waals surface area contributed by atoms with Crippen LogP contribution in [0.3, 0.4) is 0 Å². The molecule has 0 atom stereocenters. The second-order valence-electron chi connectivity index (χ2n) is 12.2. The number of hydrogen-bond donors (Lipinski definition) is 1. The summed E-state index contributed by atoms with van der Waals surface area (Å²) in [6.07, 6.45) is -12.2. The average Bonchev–Trinajstić information content (AvgIpc) is 3.41. The van der Waals surface area contributed by atoms with E-state index in [0.29, 0.717) is 49.9 Å². The molecule has 0 aliphatic heterocycles. The predicted octanol–water partition coefficient (Wildman–Crippen LogP) is 8.31. The molecule has 1 heterocycles. The second kappa shape index (κ2) is 15.4. The molecule has 0 saturated heterocycles. The summed E-state index contributed by atoms with van der Waals surface area (Å²) >= 11 is 0. The van der Waals surface area contributed by atoms with Gasteiger partial charge >= 0.3 is 24.5 Å². The number of aromatic nitrogens is 4. The van der Waals surface area contributed by atoms with Crippen molar-refractivity contribution >= 4 is 30.0 Å². The molecule has 3 aromatic rings. The fourth-order valence-electron chi connectivity index (χ4n) is 6.19. The third-order valence-corrected chi connectivity index (χ3v) is 8.52. The molecule has 4 rings (SSSR count). The number of rotatable bonds is 11. The molecule has 2 aromatic carbocycles. The lowest BCUT2D eigenvalue weighted by Gasteiger charge is -2.35. The van der Waals surface area contributed by atoms with Crippen LogP contribution in [0.5, 0.6) is 0 Å². The van der Waals surface area contributed by atoms with Crippen LogP contribution in [0.1, 0.15) is 72.4 Å². The number of aryl methyl sites for hydroxylation is 2. The molecular formula is C31H36ClF9N6O2. The van der Waals surface area contributed by atoms with Crippen molar-refractivity contribution in [1.82, 2.24) is 20.2 Å². The van der Waals surface area contributed by atoms with Crippen LogP contribution in [-0.2, 0) is 43.5 Å². The fourth-order valence-corrected chi connectivity index (χ4v) is 6.19. The smallest absolute Gasteiger partial charge is 0.416 e. The Morgan fingerprint density at radius 1 is 0.857 bits per heavy atom. The van der Waals surface area contributed by atoms with E-state index in [-0.39, 0.29) is 72.6 Å². The quantitative estimate of drug-likeness (QED) is 0.199. The molecule has 1 aliphatic rings. The zero-order chi connectivity index (χ0) is 35.6. The summed E-state index contributed by atoms with van der Waals surface area (Å²) < 4.78 is 124. The van der Waals surface area contributed by atoms with E-state index in [2.05, 4.69) is 15.4 Å². The summed E-state index contributed by atoms with van der Waals surface area (Å²) in [7, 11) is 1.40. The first-order chi connectivity index (χ1) is 22.2. The molecule has 18 heteroatoms. The highest BCUT2D eigenvalue weighted by atomic mass is 35.5. The van der Waals surface area contributed by atoms with Crippen LogP contribution in [0.25, 0.3) is 0 Å². The zero-order valence-electron chi connectivity index (χ0n) is 26.8. The Labute approximate surface area is 282 Å². The standard InChI is InChI=1S/C31H35F9N6O2.ClH/c1-4-45(15-20-7-5-19(6-8-20)12-27(47)48)26-14-25(31(38,39)40)18(2)9-22(26)17-46(28-41-43-44(3)42-28)16-21-10-23(29(32,33)34)13-24(11-21)30(35,36)37;/h9-11,13-14,19-20H,4-8,12,15-17H2,1-3H3,(H,47,48);1H/t19-,20-;. The highest BCUT2D eigenvalue weighted by Crippen LogP contribution is 2.40. The summed E-state index contributed by atoms with van der Waals surface area (Å²) in [4.78, 5) is 15.2. The van der Waals surface area contributed by atoms with Crippen molar-refractivity contribution in [2.24, 2.45) is 18.9 Å². The Bertz CT molecular complexity index is 1550. The number of alkyl halides is 9. The van der Waals surface area contributed by atoms with Gasteiger partial charge in [-0.15, -0.1) is 17.5 Å². The molecule has 0 bridgehead atoms. The topological polar surface area (TPSA) is 87.4 Å². The van der Waals surface area contributed by atoms with Gasteiger partial charge in [-0.25, -0.2) is 0 Å². The van der Waals surface area contributed by atoms with E-state index >= 15 is 0 Å². The van der Waals surface area contributed by atoms with E-state index in [9.17, 15) is 44.3 Å². The first-order valence-corrected chi connectivity index (χ1v) is 15.2. The maximum absolute atomic E-state index is 14.1. The minimum atomic E-state index is -5.09. The van der Waals surface area contributed by atoms with Crippen molar-refractivity contribution < 1.29 is 49.4 Å². The predicted molar refractivity (Wildman–Crippen MR) is 164 cm³/mol. The van der Waals surface area contributed by atoms with E-state index in [1.54, 1.807) is 11.8 Å². The van der Waals surface area contributed by atoms with E-state index in [4.69, 9.17) is 5.11 Å². The largest absolute Gasteiger partial charge is 0.481 e. The van der Waals surface area contributed by atoms with Crippen molar-refractivity contribution in [3.8, 4) is 0 Å². The van der Waals surface area contributed by atoms with Crippen LogP contribution in [0.4, 0.5) is 51.1 Å². The van der Waals surface area contributed by atoms with Crippen molar-refractivity contribution in [1.29, 1.82) is 0 Å². The normalized spacial score (nSPS) is 17.1. The number of halogens is 10. The maximum atomic E-state index is 14.1. The molecule has 1 aliphatic carbocycles. The molecule has 0 spiro atoms. The third kappa shape index (κ3) is 10.4. The Morgan fingerprint density at radius 2 is 1.43 bits per heavy atom. The van der Waals surface area contributed by atoms with Gasteiger partial charge in [0.2, 0.25) is 0 Å². The van der Waals surface area contributed by atoms with Crippen LogP contribution in [0.2, 0.25) is 0 Å². The first kappa shape index (κ1) is 39.7. The highest BCUT2D eigenvalue weighted by Gasteiger charge is 2.38. The number of anilines is 2. The SMILES string of the molecule is CCN(C[C@H]1CC[C@H](CC(=O)O)CC1)c1cc(C(F)(F)F)c(C)cc1CN(Cc1cc(C(F)(F)F)cc(C(F)(F)F)c1)c1nnn(C)n1.Cl. The van der Waals surface area contributed by atoms with E-state index in [0.717, 1.165) is 10.9 Å². The van der Waals surface area contributed by atoms with Gasteiger partial charge in [-0.2, -0.15) is 44.3 Å². The number of aliphatic carboxylic acids is 1. The van der Waals surface area contributed by atoms with Gasteiger partial charge in [-0.3, -0.25) is 4.79 Å². The molecule has 272 valence electrons. The molecule has 0 radical (unpaired) electrons. The van der Waals surface area contributed by atoms with Gasteiger partial charge in [0, 0.05) is 38.3 Å². The Morgan fingerprint density at radius 3 is 1.90 bits per heavy atom. The van der Waals surface area contributed by atoms with Gasteiger partial charge in [-0.1, -0.05) is 11.2 Å². The van der Waals surface area contributed by atoms with Gasteiger partial charge < -0.3 is 14.9 Å². The lowest BCUT2D eigenvalue weighted by molar-refractivity contribution is -0.143. The molecule has 0 unspecified atom stereocenters. The second-order valence-corrected chi connectivity index (χ2v) is 12.2. The third-order valence-electron chi connectivity index (χ3n) is 8.52. The number of carbonyl (C=O) groups is 1. The summed E-state index contributed by atoms with van der Waals surface area (Å²) in [6.45, 7) is 2.83. The van der Waals surface area contributed by atoms with Gasteiger partial charge in [-0.05, 0) is 97.5 Å². The molecule has 8 nitrogen and oxygen atoms in total. The van der Waals surface area contributed by atoms with Gasteiger partial charge in [0.05, 0.1) is 23.7 Å². The molecule has 1 fully saturated rings. The number of hydrogen-bond acceptors (Lipinski definition) is 6. The monoisotopic (exact) mass is 730 g/mol. The lowest BCUT2D eigenvalue weighted by Crippen LogP contribution is -2.34. The van der Waals surface area contributed by atoms with Crippen LogP contribution in [-0.4, -0.2) is 44.4 Å². The van der Waals surface area contributed by atoms with Crippen LogP contribution >= 0.6 is 12.4 Å². The van der Waals surface area contributed by atoms with Crippen LogP contribution < -0.4 is 9.80 Å².